The number of ether oxygens (including phenoxy) is 3. The van der Waals surface area contributed by atoms with Gasteiger partial charge in [-0.15, -0.1) is 0 Å². The van der Waals surface area contributed by atoms with E-state index >= 15 is 0 Å². The molecule has 2 rings (SSSR count). The van der Waals surface area contributed by atoms with Gasteiger partial charge in [0.15, 0.2) is 0 Å². The van der Waals surface area contributed by atoms with E-state index in [1.165, 1.54) is 5.56 Å². The average molecular weight is 293 g/mol. The van der Waals surface area contributed by atoms with Crippen molar-refractivity contribution >= 4 is 0 Å². The summed E-state index contributed by atoms with van der Waals surface area (Å²) in [5, 5.41) is 0. The maximum Gasteiger partial charge on any atom is 0.118 e. The monoisotopic (exact) mass is 293 g/mol. The van der Waals surface area contributed by atoms with Crippen molar-refractivity contribution in [3.63, 3.8) is 0 Å². The molecule has 0 bridgehead atoms. The Morgan fingerprint density at radius 2 is 1.95 bits per heavy atom. The van der Waals surface area contributed by atoms with Crippen molar-refractivity contribution in [1.29, 1.82) is 0 Å². The number of nitrogens with zero attached hydrogens (tertiary/aromatic N) is 1. The highest BCUT2D eigenvalue weighted by molar-refractivity contribution is 5.27. The van der Waals surface area contributed by atoms with Gasteiger partial charge >= 0.3 is 0 Å². The lowest BCUT2D eigenvalue weighted by Crippen LogP contribution is -2.43. The molecule has 0 aromatic heterocycles. The zero-order valence-corrected chi connectivity index (χ0v) is 13.8. The van der Waals surface area contributed by atoms with Gasteiger partial charge in [-0.05, 0) is 45.4 Å². The fourth-order valence-electron chi connectivity index (χ4n) is 2.69. The molecule has 1 unspecified atom stereocenters. The molecule has 0 aliphatic carbocycles. The molecule has 4 heteroatoms. The van der Waals surface area contributed by atoms with Crippen molar-refractivity contribution in [3.05, 3.63) is 29.8 Å². The summed E-state index contributed by atoms with van der Waals surface area (Å²) in [6, 6.07) is 8.49. The number of hydrogen-bond donors (Lipinski definition) is 0. The van der Waals surface area contributed by atoms with Crippen molar-refractivity contribution in [2.24, 2.45) is 0 Å². The summed E-state index contributed by atoms with van der Waals surface area (Å²) in [4.78, 5) is 2.33. The molecule has 1 aliphatic heterocycles. The van der Waals surface area contributed by atoms with E-state index in [1.807, 2.05) is 12.1 Å². The van der Waals surface area contributed by atoms with Gasteiger partial charge < -0.3 is 14.2 Å². The number of methoxy groups -OCH3 is 1. The lowest BCUT2D eigenvalue weighted by molar-refractivity contribution is -0.0795. The van der Waals surface area contributed by atoms with Crippen LogP contribution in [0.3, 0.4) is 0 Å². The van der Waals surface area contributed by atoms with Crippen molar-refractivity contribution in [2.45, 2.75) is 52.0 Å². The predicted octanol–water partition coefficient (Wildman–Crippen LogP) is 3.06. The summed E-state index contributed by atoms with van der Waals surface area (Å²) in [6.45, 7) is 10.7. The highest BCUT2D eigenvalue weighted by Gasteiger charge is 2.32. The number of rotatable bonds is 5. The molecule has 0 N–H and O–H groups in total. The molecular weight excluding hydrogens is 266 g/mol. The summed E-state index contributed by atoms with van der Waals surface area (Å²) in [6.07, 6.45) is 0.144. The second-order valence-electron chi connectivity index (χ2n) is 6.60. The van der Waals surface area contributed by atoms with Gasteiger partial charge in [0, 0.05) is 6.54 Å². The van der Waals surface area contributed by atoms with Gasteiger partial charge in [0.05, 0.1) is 38.2 Å². The minimum Gasteiger partial charge on any atom is -0.497 e. The molecule has 0 spiro atoms. The molecule has 0 radical (unpaired) electrons. The maximum atomic E-state index is 6.08. The maximum absolute atomic E-state index is 6.08. The molecule has 1 fully saturated rings. The highest BCUT2D eigenvalue weighted by Crippen LogP contribution is 2.23. The van der Waals surface area contributed by atoms with E-state index in [4.69, 9.17) is 14.2 Å². The van der Waals surface area contributed by atoms with E-state index < -0.39 is 0 Å². The van der Waals surface area contributed by atoms with Gasteiger partial charge in [-0.1, -0.05) is 12.1 Å². The van der Waals surface area contributed by atoms with Gasteiger partial charge in [-0.3, -0.25) is 4.90 Å². The molecule has 1 saturated heterocycles. The normalized spacial score (nSPS) is 21.5. The topological polar surface area (TPSA) is 30.9 Å². The van der Waals surface area contributed by atoms with Gasteiger partial charge in [0.1, 0.15) is 5.75 Å². The molecule has 1 aromatic carbocycles. The van der Waals surface area contributed by atoms with E-state index in [1.54, 1.807) is 7.11 Å². The van der Waals surface area contributed by atoms with Crippen LogP contribution in [0.5, 0.6) is 5.75 Å². The fraction of sp³-hybridized carbons (Fsp3) is 0.647. The third-order valence-corrected chi connectivity index (χ3v) is 3.64. The van der Waals surface area contributed by atoms with Crippen molar-refractivity contribution in [3.8, 4) is 5.75 Å². The summed E-state index contributed by atoms with van der Waals surface area (Å²) >= 11 is 0. The zero-order valence-electron chi connectivity index (χ0n) is 13.8. The molecule has 0 amide bonds. The molecule has 1 aromatic rings. The molecule has 2 atom stereocenters. The minimum absolute atomic E-state index is 0.131. The Kier molecular flexibility index (Phi) is 5.25. The highest BCUT2D eigenvalue weighted by atomic mass is 16.5. The van der Waals surface area contributed by atoms with E-state index in [0.717, 1.165) is 18.9 Å². The summed E-state index contributed by atoms with van der Waals surface area (Å²) in [5.41, 5.74) is 1.13. The van der Waals surface area contributed by atoms with Crippen molar-refractivity contribution in [2.75, 3.05) is 20.4 Å². The first kappa shape index (κ1) is 16.3. The second kappa shape index (κ2) is 6.77. The number of hydrogen-bond acceptors (Lipinski definition) is 4. The Balaban J connectivity index is 1.97. The van der Waals surface area contributed by atoms with Crippen LogP contribution in [0.1, 0.15) is 33.3 Å². The zero-order chi connectivity index (χ0) is 15.5. The number of benzene rings is 1. The Morgan fingerprint density at radius 3 is 2.52 bits per heavy atom. The van der Waals surface area contributed by atoms with Crippen LogP contribution in [0.25, 0.3) is 0 Å². The quantitative estimate of drug-likeness (QED) is 0.835. The van der Waals surface area contributed by atoms with Gasteiger partial charge in [0.25, 0.3) is 0 Å². The smallest absolute Gasteiger partial charge is 0.118 e. The third kappa shape index (κ3) is 4.70. The molecule has 118 valence electrons. The fourth-order valence-corrected chi connectivity index (χ4v) is 2.69. The van der Waals surface area contributed by atoms with Crippen LogP contribution in [-0.4, -0.2) is 43.1 Å². The Morgan fingerprint density at radius 1 is 1.29 bits per heavy atom. The van der Waals surface area contributed by atoms with Gasteiger partial charge in [0.2, 0.25) is 0 Å². The third-order valence-electron chi connectivity index (χ3n) is 3.64. The first-order valence-electron chi connectivity index (χ1n) is 7.51. The van der Waals surface area contributed by atoms with E-state index in [9.17, 15) is 0 Å². The van der Waals surface area contributed by atoms with Crippen LogP contribution in [0, 0.1) is 0 Å². The van der Waals surface area contributed by atoms with Gasteiger partial charge in [-0.2, -0.15) is 0 Å². The van der Waals surface area contributed by atoms with E-state index in [-0.39, 0.29) is 11.7 Å². The second-order valence-corrected chi connectivity index (χ2v) is 6.60. The molecule has 21 heavy (non-hydrogen) atoms. The van der Waals surface area contributed by atoms with Crippen LogP contribution in [0.4, 0.5) is 0 Å². The van der Waals surface area contributed by atoms with E-state index in [2.05, 4.69) is 44.7 Å². The molecule has 1 heterocycles. The van der Waals surface area contributed by atoms with Crippen LogP contribution >= 0.6 is 0 Å². The van der Waals surface area contributed by atoms with Crippen LogP contribution in [0.2, 0.25) is 0 Å². The Hall–Kier alpha value is -1.10. The van der Waals surface area contributed by atoms with E-state index in [0.29, 0.717) is 12.8 Å². The lowest BCUT2D eigenvalue weighted by atomic mass is 10.1. The average Bonchev–Trinajstić information content (AvgIpc) is 2.86. The molecular formula is C17H27NO3. The molecule has 0 saturated carbocycles. The standard InChI is InChI=1S/C17H27NO3/c1-13(21-17(2,3)4)16-11-20-12-18(16)10-14-6-8-15(19-5)9-7-14/h6-9,13,16H,10-12H2,1-5H3/t13-,16?/m0/s1. The van der Waals surface area contributed by atoms with Crippen LogP contribution in [0.15, 0.2) is 24.3 Å². The first-order chi connectivity index (χ1) is 9.89. The Labute approximate surface area is 128 Å². The van der Waals surface area contributed by atoms with Crippen molar-refractivity contribution in [1.82, 2.24) is 4.90 Å². The predicted molar refractivity (Wildman–Crippen MR) is 83.4 cm³/mol. The first-order valence-corrected chi connectivity index (χ1v) is 7.51. The summed E-state index contributed by atoms with van der Waals surface area (Å²) < 4.78 is 16.9. The van der Waals surface area contributed by atoms with Gasteiger partial charge in [-0.25, -0.2) is 0 Å². The lowest BCUT2D eigenvalue weighted by Gasteiger charge is -2.32. The Bertz CT molecular complexity index is 438. The van der Waals surface area contributed by atoms with Crippen molar-refractivity contribution < 1.29 is 14.2 Å². The molecule has 4 nitrogen and oxygen atoms in total. The van der Waals surface area contributed by atoms with Crippen LogP contribution in [-0.2, 0) is 16.0 Å². The van der Waals surface area contributed by atoms with Crippen LogP contribution < -0.4 is 4.74 Å². The SMILES string of the molecule is COc1ccc(CN2COCC2[C@H](C)OC(C)(C)C)cc1. The summed E-state index contributed by atoms with van der Waals surface area (Å²) in [5.74, 6) is 0.886. The minimum atomic E-state index is -0.131. The molecule has 1 aliphatic rings. The summed E-state index contributed by atoms with van der Waals surface area (Å²) in [7, 11) is 1.69. The largest absolute Gasteiger partial charge is 0.497 e.